The first-order chi connectivity index (χ1) is 5.36. The molecule has 1 aromatic heterocycles. The summed E-state index contributed by atoms with van der Waals surface area (Å²) in [5.74, 6) is 0. The minimum absolute atomic E-state index is 0.108. The largest absolute Gasteiger partial charge is 0.330 e. The summed E-state index contributed by atoms with van der Waals surface area (Å²) in [6, 6.07) is 0. The van der Waals surface area contributed by atoms with Crippen molar-refractivity contribution in [3.63, 3.8) is 0 Å². The molecule has 0 atom stereocenters. The molecule has 3 heteroatoms. The van der Waals surface area contributed by atoms with Gasteiger partial charge in [-0.3, -0.25) is 0 Å². The summed E-state index contributed by atoms with van der Waals surface area (Å²) in [6.07, 6.45) is 5.51. The lowest BCUT2D eigenvalue weighted by Crippen LogP contribution is -2.53. The number of hydrogen-bond donors (Lipinski definition) is 1. The smallest absolute Gasteiger partial charge is 0.0951 e. The standard InChI is InChI=1S/C9H17N3/c1-8(2,10)9(3,4)12-6-5-11-7-12/h5-7H,10H2,1-4H3. The van der Waals surface area contributed by atoms with Gasteiger partial charge in [-0.25, -0.2) is 4.98 Å². The minimum atomic E-state index is -0.256. The van der Waals surface area contributed by atoms with Crippen molar-refractivity contribution in [2.24, 2.45) is 5.73 Å². The second-order valence-electron chi connectivity index (χ2n) is 4.25. The molecule has 2 N–H and O–H groups in total. The van der Waals surface area contributed by atoms with Crippen LogP contribution in [0.2, 0.25) is 0 Å². The molecule has 12 heavy (non-hydrogen) atoms. The lowest BCUT2D eigenvalue weighted by Gasteiger charge is -2.39. The Balaban J connectivity index is 3.02. The van der Waals surface area contributed by atoms with Crippen molar-refractivity contribution >= 4 is 0 Å². The Bertz CT molecular complexity index is 241. The fraction of sp³-hybridized carbons (Fsp3) is 0.667. The Morgan fingerprint density at radius 3 is 2.17 bits per heavy atom. The predicted octanol–water partition coefficient (Wildman–Crippen LogP) is 1.36. The van der Waals surface area contributed by atoms with E-state index in [1.54, 1.807) is 12.5 Å². The van der Waals surface area contributed by atoms with Crippen LogP contribution in [0.5, 0.6) is 0 Å². The summed E-state index contributed by atoms with van der Waals surface area (Å²) in [6.45, 7) is 8.25. The third kappa shape index (κ3) is 1.37. The van der Waals surface area contributed by atoms with Crippen LogP contribution >= 0.6 is 0 Å². The molecule has 0 amide bonds. The third-order valence-corrected chi connectivity index (χ3v) is 2.73. The van der Waals surface area contributed by atoms with E-state index in [-0.39, 0.29) is 11.1 Å². The highest BCUT2D eigenvalue weighted by Gasteiger charge is 2.34. The van der Waals surface area contributed by atoms with Crippen LogP contribution in [0.3, 0.4) is 0 Å². The zero-order valence-electron chi connectivity index (χ0n) is 8.20. The highest BCUT2D eigenvalue weighted by molar-refractivity contribution is 4.98. The first kappa shape index (κ1) is 9.26. The van der Waals surface area contributed by atoms with Gasteiger partial charge in [-0.1, -0.05) is 0 Å². The van der Waals surface area contributed by atoms with Gasteiger partial charge in [0, 0.05) is 17.9 Å². The van der Waals surface area contributed by atoms with Gasteiger partial charge in [-0.2, -0.15) is 0 Å². The zero-order chi connectivity index (χ0) is 9.41. The molecule has 0 bridgehead atoms. The maximum absolute atomic E-state index is 6.06. The van der Waals surface area contributed by atoms with Gasteiger partial charge in [0.1, 0.15) is 0 Å². The number of hydrogen-bond acceptors (Lipinski definition) is 2. The molecule has 0 saturated heterocycles. The lowest BCUT2D eigenvalue weighted by atomic mass is 9.83. The van der Waals surface area contributed by atoms with Crippen molar-refractivity contribution in [3.8, 4) is 0 Å². The lowest BCUT2D eigenvalue weighted by molar-refractivity contribution is 0.206. The predicted molar refractivity (Wildman–Crippen MR) is 49.8 cm³/mol. The highest BCUT2D eigenvalue weighted by Crippen LogP contribution is 2.26. The summed E-state index contributed by atoms with van der Waals surface area (Å²) < 4.78 is 2.03. The van der Waals surface area contributed by atoms with Crippen LogP contribution in [0.1, 0.15) is 27.7 Å². The molecule has 0 saturated carbocycles. The zero-order valence-corrected chi connectivity index (χ0v) is 8.20. The quantitative estimate of drug-likeness (QED) is 0.722. The fourth-order valence-electron chi connectivity index (χ4n) is 0.923. The van der Waals surface area contributed by atoms with Gasteiger partial charge in [-0.15, -0.1) is 0 Å². The van der Waals surface area contributed by atoms with Crippen molar-refractivity contribution < 1.29 is 0 Å². The van der Waals surface area contributed by atoms with E-state index in [1.165, 1.54) is 0 Å². The number of aromatic nitrogens is 2. The normalized spacial score (nSPS) is 13.4. The maximum atomic E-state index is 6.06. The second-order valence-corrected chi connectivity index (χ2v) is 4.25. The van der Waals surface area contributed by atoms with E-state index >= 15 is 0 Å². The summed E-state index contributed by atoms with van der Waals surface area (Å²) in [4.78, 5) is 4.01. The van der Waals surface area contributed by atoms with Crippen molar-refractivity contribution in [1.82, 2.24) is 9.55 Å². The van der Waals surface area contributed by atoms with Gasteiger partial charge in [0.05, 0.1) is 11.9 Å². The summed E-state index contributed by atoms with van der Waals surface area (Å²) in [7, 11) is 0. The molecule has 0 radical (unpaired) electrons. The van der Waals surface area contributed by atoms with Crippen molar-refractivity contribution in [2.45, 2.75) is 38.8 Å². The Morgan fingerprint density at radius 1 is 1.25 bits per heavy atom. The Kier molecular flexibility index (Phi) is 2.00. The summed E-state index contributed by atoms with van der Waals surface area (Å²) >= 11 is 0. The van der Waals surface area contributed by atoms with Crippen molar-refractivity contribution in [3.05, 3.63) is 18.7 Å². The van der Waals surface area contributed by atoms with Crippen LogP contribution in [0.15, 0.2) is 18.7 Å². The third-order valence-electron chi connectivity index (χ3n) is 2.73. The molecule has 0 aliphatic heterocycles. The molecule has 1 heterocycles. The average Bonchev–Trinajstić information content (AvgIpc) is 2.34. The van der Waals surface area contributed by atoms with Gasteiger partial charge in [0.2, 0.25) is 0 Å². The molecule has 1 rings (SSSR count). The van der Waals surface area contributed by atoms with Gasteiger partial charge >= 0.3 is 0 Å². The SMILES string of the molecule is CC(C)(N)C(C)(C)n1ccnc1. The van der Waals surface area contributed by atoms with E-state index in [2.05, 4.69) is 18.8 Å². The maximum Gasteiger partial charge on any atom is 0.0951 e. The van der Waals surface area contributed by atoms with Crippen LogP contribution in [0.25, 0.3) is 0 Å². The molecule has 0 aromatic carbocycles. The molecule has 3 nitrogen and oxygen atoms in total. The van der Waals surface area contributed by atoms with Gasteiger partial charge in [0.15, 0.2) is 0 Å². The molecule has 0 spiro atoms. The number of imidazole rings is 1. The van der Waals surface area contributed by atoms with E-state index < -0.39 is 0 Å². The number of rotatable bonds is 2. The van der Waals surface area contributed by atoms with E-state index in [0.717, 1.165) is 0 Å². The Labute approximate surface area is 73.6 Å². The van der Waals surface area contributed by atoms with E-state index in [0.29, 0.717) is 0 Å². The first-order valence-corrected chi connectivity index (χ1v) is 4.13. The average molecular weight is 167 g/mol. The molecule has 0 fully saturated rings. The second kappa shape index (κ2) is 2.59. The minimum Gasteiger partial charge on any atom is -0.330 e. The number of nitrogens with two attached hydrogens (primary N) is 1. The van der Waals surface area contributed by atoms with Crippen LogP contribution in [-0.4, -0.2) is 15.1 Å². The Hall–Kier alpha value is -0.830. The van der Waals surface area contributed by atoms with Crippen molar-refractivity contribution in [1.29, 1.82) is 0 Å². The Morgan fingerprint density at radius 2 is 1.83 bits per heavy atom. The topological polar surface area (TPSA) is 43.8 Å². The monoisotopic (exact) mass is 167 g/mol. The van der Waals surface area contributed by atoms with E-state index in [9.17, 15) is 0 Å². The van der Waals surface area contributed by atoms with Crippen LogP contribution < -0.4 is 5.73 Å². The summed E-state index contributed by atoms with van der Waals surface area (Å²) in [5, 5.41) is 0. The molecule has 0 unspecified atom stereocenters. The molecule has 1 aromatic rings. The molecular formula is C9H17N3. The van der Waals surface area contributed by atoms with Gasteiger partial charge in [-0.05, 0) is 27.7 Å². The van der Waals surface area contributed by atoms with Gasteiger partial charge in [0.25, 0.3) is 0 Å². The molecule has 0 aliphatic rings. The van der Waals surface area contributed by atoms with Gasteiger partial charge < -0.3 is 10.3 Å². The molecule has 0 aliphatic carbocycles. The van der Waals surface area contributed by atoms with Crippen LogP contribution in [0, 0.1) is 0 Å². The highest BCUT2D eigenvalue weighted by atomic mass is 15.1. The van der Waals surface area contributed by atoms with Crippen LogP contribution in [-0.2, 0) is 5.54 Å². The summed E-state index contributed by atoms with van der Waals surface area (Å²) in [5.41, 5.74) is 5.69. The first-order valence-electron chi connectivity index (χ1n) is 4.13. The molecular weight excluding hydrogens is 150 g/mol. The van der Waals surface area contributed by atoms with E-state index in [4.69, 9.17) is 5.73 Å². The molecule has 68 valence electrons. The van der Waals surface area contributed by atoms with E-state index in [1.807, 2.05) is 24.6 Å². The van der Waals surface area contributed by atoms with Crippen molar-refractivity contribution in [2.75, 3.05) is 0 Å². The fourth-order valence-corrected chi connectivity index (χ4v) is 0.923. The number of nitrogens with zero attached hydrogens (tertiary/aromatic N) is 2. The van der Waals surface area contributed by atoms with Crippen LogP contribution in [0.4, 0.5) is 0 Å².